The van der Waals surface area contributed by atoms with Crippen molar-refractivity contribution in [1.82, 2.24) is 15.1 Å². The minimum absolute atomic E-state index is 0.134. The number of hydrogen-bond acceptors (Lipinski definition) is 4. The highest BCUT2D eigenvalue weighted by atomic mass is 16.2. The maximum Gasteiger partial charge on any atom is 0.254 e. The quantitative estimate of drug-likeness (QED) is 0.851. The largest absolute Gasteiger partial charge is 0.352 e. The van der Waals surface area contributed by atoms with E-state index in [4.69, 9.17) is 0 Å². The van der Waals surface area contributed by atoms with Gasteiger partial charge in [-0.2, -0.15) is 5.10 Å². The third kappa shape index (κ3) is 2.79. The van der Waals surface area contributed by atoms with Gasteiger partial charge < -0.3 is 9.80 Å². The molecule has 1 saturated heterocycles. The van der Waals surface area contributed by atoms with E-state index in [2.05, 4.69) is 15.1 Å². The summed E-state index contributed by atoms with van der Waals surface area (Å²) in [6.07, 6.45) is 1.67. The molecular formula is C17H20N4O. The van der Waals surface area contributed by atoms with Gasteiger partial charge in [0.1, 0.15) is 0 Å². The van der Waals surface area contributed by atoms with Gasteiger partial charge in [-0.3, -0.25) is 4.79 Å². The van der Waals surface area contributed by atoms with Gasteiger partial charge in [-0.25, -0.2) is 0 Å². The van der Waals surface area contributed by atoms with Gasteiger partial charge in [0.2, 0.25) is 0 Å². The lowest BCUT2D eigenvalue weighted by atomic mass is 10.0. The van der Waals surface area contributed by atoms with Crippen LogP contribution in [-0.4, -0.2) is 47.2 Å². The SMILES string of the molecule is Cc1cccc(C)c1C(=O)N1CCN(c2cccnn2)CC1. The lowest BCUT2D eigenvalue weighted by molar-refractivity contribution is 0.0745. The number of carbonyl (C=O) groups excluding carboxylic acids is 1. The number of aromatic nitrogens is 2. The molecule has 0 atom stereocenters. The molecule has 1 amide bonds. The lowest BCUT2D eigenvalue weighted by Crippen LogP contribution is -2.49. The van der Waals surface area contributed by atoms with Crippen molar-refractivity contribution in [3.05, 3.63) is 53.2 Å². The number of benzene rings is 1. The van der Waals surface area contributed by atoms with Gasteiger partial charge >= 0.3 is 0 Å². The molecule has 1 aromatic heterocycles. The topological polar surface area (TPSA) is 49.3 Å². The smallest absolute Gasteiger partial charge is 0.254 e. The van der Waals surface area contributed by atoms with Gasteiger partial charge in [-0.15, -0.1) is 5.10 Å². The second-order valence-corrected chi connectivity index (χ2v) is 5.63. The van der Waals surface area contributed by atoms with Gasteiger partial charge in [0.15, 0.2) is 5.82 Å². The molecule has 1 aromatic carbocycles. The molecule has 22 heavy (non-hydrogen) atoms. The Bertz CT molecular complexity index is 643. The Morgan fingerprint density at radius 1 is 1.00 bits per heavy atom. The van der Waals surface area contributed by atoms with E-state index in [1.165, 1.54) is 0 Å². The van der Waals surface area contributed by atoms with Crippen LogP contribution >= 0.6 is 0 Å². The van der Waals surface area contributed by atoms with Gasteiger partial charge in [-0.05, 0) is 37.1 Å². The van der Waals surface area contributed by atoms with E-state index in [-0.39, 0.29) is 5.91 Å². The zero-order valence-electron chi connectivity index (χ0n) is 13.0. The average Bonchev–Trinajstić information content (AvgIpc) is 2.55. The lowest BCUT2D eigenvalue weighted by Gasteiger charge is -2.35. The Hall–Kier alpha value is -2.43. The van der Waals surface area contributed by atoms with Crippen molar-refractivity contribution in [2.24, 2.45) is 0 Å². The molecule has 1 aliphatic heterocycles. The van der Waals surface area contributed by atoms with Gasteiger partial charge in [0.05, 0.1) is 0 Å². The van der Waals surface area contributed by atoms with Crippen molar-refractivity contribution in [3.63, 3.8) is 0 Å². The summed E-state index contributed by atoms with van der Waals surface area (Å²) in [5.41, 5.74) is 2.93. The van der Waals surface area contributed by atoms with Crippen molar-refractivity contribution >= 4 is 11.7 Å². The van der Waals surface area contributed by atoms with Gasteiger partial charge in [0, 0.05) is 37.9 Å². The summed E-state index contributed by atoms with van der Waals surface area (Å²) >= 11 is 0. The Morgan fingerprint density at radius 2 is 1.68 bits per heavy atom. The molecule has 1 fully saturated rings. The third-order valence-electron chi connectivity index (χ3n) is 4.14. The summed E-state index contributed by atoms with van der Waals surface area (Å²) in [6.45, 7) is 6.99. The van der Waals surface area contributed by atoms with Crippen LogP contribution in [0.25, 0.3) is 0 Å². The molecule has 114 valence electrons. The van der Waals surface area contributed by atoms with Crippen LogP contribution in [0.4, 0.5) is 5.82 Å². The summed E-state index contributed by atoms with van der Waals surface area (Å²) < 4.78 is 0. The van der Waals surface area contributed by atoms with Crippen molar-refractivity contribution in [1.29, 1.82) is 0 Å². The normalized spacial score (nSPS) is 15.0. The summed E-state index contributed by atoms with van der Waals surface area (Å²) in [6, 6.07) is 9.83. The highest BCUT2D eigenvalue weighted by Crippen LogP contribution is 2.18. The van der Waals surface area contributed by atoms with E-state index in [0.717, 1.165) is 35.6 Å². The minimum Gasteiger partial charge on any atom is -0.352 e. The maximum absolute atomic E-state index is 12.8. The number of amides is 1. The second kappa shape index (κ2) is 6.13. The first kappa shape index (κ1) is 14.5. The van der Waals surface area contributed by atoms with Crippen LogP contribution in [0.3, 0.4) is 0 Å². The Kier molecular flexibility index (Phi) is 4.04. The van der Waals surface area contributed by atoms with Crippen LogP contribution in [0.5, 0.6) is 0 Å². The van der Waals surface area contributed by atoms with Crippen molar-refractivity contribution in [2.45, 2.75) is 13.8 Å². The van der Waals surface area contributed by atoms with Crippen LogP contribution in [0.1, 0.15) is 21.5 Å². The number of piperazine rings is 1. The van der Waals surface area contributed by atoms with Crippen LogP contribution in [0, 0.1) is 13.8 Å². The van der Waals surface area contributed by atoms with Crippen molar-refractivity contribution < 1.29 is 4.79 Å². The maximum atomic E-state index is 12.8. The Balaban J connectivity index is 1.70. The van der Waals surface area contributed by atoms with E-state index in [9.17, 15) is 4.79 Å². The average molecular weight is 296 g/mol. The molecule has 0 saturated carbocycles. The highest BCUT2D eigenvalue weighted by Gasteiger charge is 2.24. The van der Waals surface area contributed by atoms with Crippen LogP contribution in [-0.2, 0) is 0 Å². The predicted molar refractivity (Wildman–Crippen MR) is 86.1 cm³/mol. The molecule has 1 aliphatic rings. The molecular weight excluding hydrogens is 276 g/mol. The van der Waals surface area contributed by atoms with Gasteiger partial charge in [0.25, 0.3) is 5.91 Å². The molecule has 0 radical (unpaired) electrons. The predicted octanol–water partition coefficient (Wildman–Crippen LogP) is 2.06. The zero-order chi connectivity index (χ0) is 15.5. The Labute approximate surface area is 130 Å². The molecule has 0 aliphatic carbocycles. The molecule has 0 bridgehead atoms. The molecule has 0 N–H and O–H groups in total. The summed E-state index contributed by atoms with van der Waals surface area (Å²) in [5.74, 6) is 1.01. The number of nitrogens with zero attached hydrogens (tertiary/aromatic N) is 4. The molecule has 0 spiro atoms. The number of carbonyl (C=O) groups is 1. The fraction of sp³-hybridized carbons (Fsp3) is 0.353. The van der Waals surface area contributed by atoms with Crippen LogP contribution in [0.2, 0.25) is 0 Å². The first-order chi connectivity index (χ1) is 10.7. The monoisotopic (exact) mass is 296 g/mol. The van der Waals surface area contributed by atoms with E-state index in [1.807, 2.05) is 49.1 Å². The van der Waals surface area contributed by atoms with E-state index in [1.54, 1.807) is 6.20 Å². The molecule has 0 unspecified atom stereocenters. The second-order valence-electron chi connectivity index (χ2n) is 5.63. The minimum atomic E-state index is 0.134. The fourth-order valence-electron chi connectivity index (χ4n) is 2.91. The van der Waals surface area contributed by atoms with E-state index in [0.29, 0.717) is 13.1 Å². The molecule has 3 rings (SSSR count). The zero-order valence-corrected chi connectivity index (χ0v) is 13.0. The van der Waals surface area contributed by atoms with E-state index < -0.39 is 0 Å². The highest BCUT2D eigenvalue weighted by molar-refractivity contribution is 5.97. The summed E-state index contributed by atoms with van der Waals surface area (Å²) in [5, 5.41) is 8.04. The molecule has 2 aromatic rings. The van der Waals surface area contributed by atoms with Crippen molar-refractivity contribution in [2.75, 3.05) is 31.1 Å². The Morgan fingerprint density at radius 3 is 2.27 bits per heavy atom. The summed E-state index contributed by atoms with van der Waals surface area (Å²) in [7, 11) is 0. The van der Waals surface area contributed by atoms with Crippen LogP contribution < -0.4 is 4.90 Å². The molecule has 5 heteroatoms. The first-order valence-corrected chi connectivity index (χ1v) is 7.55. The number of hydrogen-bond donors (Lipinski definition) is 0. The van der Waals surface area contributed by atoms with E-state index >= 15 is 0 Å². The van der Waals surface area contributed by atoms with Crippen LogP contribution in [0.15, 0.2) is 36.5 Å². The number of aryl methyl sites for hydroxylation is 2. The first-order valence-electron chi connectivity index (χ1n) is 7.55. The van der Waals surface area contributed by atoms with Crippen molar-refractivity contribution in [3.8, 4) is 0 Å². The molecule has 5 nitrogen and oxygen atoms in total. The molecule has 2 heterocycles. The number of rotatable bonds is 2. The number of anilines is 1. The fourth-order valence-corrected chi connectivity index (χ4v) is 2.91. The standard InChI is InChI=1S/C17H20N4O/c1-13-5-3-6-14(2)16(13)17(22)21-11-9-20(10-12-21)15-7-4-8-18-19-15/h3-8H,9-12H2,1-2H3. The summed E-state index contributed by atoms with van der Waals surface area (Å²) in [4.78, 5) is 16.9. The third-order valence-corrected chi connectivity index (χ3v) is 4.14. The van der Waals surface area contributed by atoms with Gasteiger partial charge in [-0.1, -0.05) is 18.2 Å².